The zero-order valence-corrected chi connectivity index (χ0v) is 11.8. The van der Waals surface area contributed by atoms with Gasteiger partial charge in [-0.3, -0.25) is 0 Å². The molecule has 0 spiro atoms. The van der Waals surface area contributed by atoms with Gasteiger partial charge in [0.25, 0.3) is 0 Å². The van der Waals surface area contributed by atoms with E-state index in [0.29, 0.717) is 5.41 Å². The van der Waals surface area contributed by atoms with Crippen molar-refractivity contribution in [2.75, 3.05) is 19.6 Å². The summed E-state index contributed by atoms with van der Waals surface area (Å²) >= 11 is 0. The summed E-state index contributed by atoms with van der Waals surface area (Å²) in [5.41, 5.74) is 0.474. The first-order chi connectivity index (χ1) is 6.92. The highest BCUT2D eigenvalue weighted by Crippen LogP contribution is 2.19. The summed E-state index contributed by atoms with van der Waals surface area (Å²) in [6, 6.07) is 0. The molecule has 1 nitrogen and oxygen atoms in total. The second kappa shape index (κ2) is 7.27. The third kappa shape index (κ3) is 7.84. The Bertz CT molecular complexity index is 142. The summed E-state index contributed by atoms with van der Waals surface area (Å²) in [4.78, 5) is 2.61. The van der Waals surface area contributed by atoms with Crippen molar-refractivity contribution in [2.45, 2.75) is 60.8 Å². The molecular formula is C14H31N. The van der Waals surface area contributed by atoms with Gasteiger partial charge >= 0.3 is 0 Å². The third-order valence-electron chi connectivity index (χ3n) is 3.30. The molecule has 0 unspecified atom stereocenters. The maximum Gasteiger partial charge on any atom is 0.000934 e. The van der Waals surface area contributed by atoms with Gasteiger partial charge in [-0.1, -0.05) is 54.4 Å². The fourth-order valence-corrected chi connectivity index (χ4v) is 1.78. The Morgan fingerprint density at radius 3 is 1.87 bits per heavy atom. The van der Waals surface area contributed by atoms with Gasteiger partial charge in [0, 0.05) is 6.54 Å². The Morgan fingerprint density at radius 2 is 1.53 bits per heavy atom. The SMILES string of the molecule is CCC(CC)CN(CC)CCC(C)(C)C. The molecule has 0 rings (SSSR count). The highest BCUT2D eigenvalue weighted by Gasteiger charge is 2.14. The van der Waals surface area contributed by atoms with E-state index < -0.39 is 0 Å². The van der Waals surface area contributed by atoms with E-state index in [-0.39, 0.29) is 0 Å². The van der Waals surface area contributed by atoms with Crippen LogP contribution in [0.3, 0.4) is 0 Å². The van der Waals surface area contributed by atoms with Crippen molar-refractivity contribution in [1.29, 1.82) is 0 Å². The molecule has 0 atom stereocenters. The van der Waals surface area contributed by atoms with E-state index in [9.17, 15) is 0 Å². The number of hydrogen-bond donors (Lipinski definition) is 0. The van der Waals surface area contributed by atoms with Crippen molar-refractivity contribution in [3.8, 4) is 0 Å². The Morgan fingerprint density at radius 1 is 1.00 bits per heavy atom. The van der Waals surface area contributed by atoms with Crippen LogP contribution in [0.5, 0.6) is 0 Å². The average molecular weight is 213 g/mol. The zero-order chi connectivity index (χ0) is 11.9. The molecule has 0 saturated heterocycles. The molecule has 0 amide bonds. The lowest BCUT2D eigenvalue weighted by Gasteiger charge is -2.28. The van der Waals surface area contributed by atoms with Crippen molar-refractivity contribution in [1.82, 2.24) is 4.90 Å². The topological polar surface area (TPSA) is 3.24 Å². The van der Waals surface area contributed by atoms with Crippen LogP contribution in [-0.2, 0) is 0 Å². The van der Waals surface area contributed by atoms with E-state index in [4.69, 9.17) is 0 Å². The number of hydrogen-bond acceptors (Lipinski definition) is 1. The van der Waals surface area contributed by atoms with Crippen molar-refractivity contribution in [3.05, 3.63) is 0 Å². The average Bonchev–Trinajstić information content (AvgIpc) is 2.17. The van der Waals surface area contributed by atoms with Crippen LogP contribution in [-0.4, -0.2) is 24.5 Å². The first-order valence-corrected chi connectivity index (χ1v) is 6.65. The summed E-state index contributed by atoms with van der Waals surface area (Å²) in [5, 5.41) is 0. The van der Waals surface area contributed by atoms with Crippen molar-refractivity contribution < 1.29 is 0 Å². The summed E-state index contributed by atoms with van der Waals surface area (Å²) < 4.78 is 0. The van der Waals surface area contributed by atoms with E-state index in [1.54, 1.807) is 0 Å². The molecule has 92 valence electrons. The van der Waals surface area contributed by atoms with Gasteiger partial charge < -0.3 is 4.90 Å². The van der Waals surface area contributed by atoms with Crippen molar-refractivity contribution in [2.24, 2.45) is 11.3 Å². The lowest BCUT2D eigenvalue weighted by atomic mass is 9.92. The van der Waals surface area contributed by atoms with Crippen molar-refractivity contribution in [3.63, 3.8) is 0 Å². The largest absolute Gasteiger partial charge is 0.303 e. The van der Waals surface area contributed by atoms with Crippen molar-refractivity contribution >= 4 is 0 Å². The molecule has 0 aromatic carbocycles. The Labute approximate surface area is 97.2 Å². The van der Waals surface area contributed by atoms with Crippen LogP contribution in [0, 0.1) is 11.3 Å². The van der Waals surface area contributed by atoms with E-state index in [1.807, 2.05) is 0 Å². The summed E-state index contributed by atoms with van der Waals surface area (Å²) in [5.74, 6) is 0.893. The molecular weight excluding hydrogens is 182 g/mol. The van der Waals surface area contributed by atoms with Gasteiger partial charge in [0.15, 0.2) is 0 Å². The van der Waals surface area contributed by atoms with Gasteiger partial charge in [0.05, 0.1) is 0 Å². The molecule has 0 aliphatic carbocycles. The Hall–Kier alpha value is -0.0400. The molecule has 0 aliphatic heterocycles. The minimum atomic E-state index is 0.474. The lowest BCUT2D eigenvalue weighted by molar-refractivity contribution is 0.202. The van der Waals surface area contributed by atoms with Crippen LogP contribution in [0.4, 0.5) is 0 Å². The third-order valence-corrected chi connectivity index (χ3v) is 3.30. The van der Waals surface area contributed by atoms with Crippen LogP contribution in [0.2, 0.25) is 0 Å². The second-order valence-electron chi connectivity index (χ2n) is 5.89. The van der Waals surface area contributed by atoms with Gasteiger partial charge in [0.1, 0.15) is 0 Å². The molecule has 15 heavy (non-hydrogen) atoms. The first-order valence-electron chi connectivity index (χ1n) is 6.65. The normalized spacial score (nSPS) is 12.8. The highest BCUT2D eigenvalue weighted by atomic mass is 15.1. The smallest absolute Gasteiger partial charge is 0.000934 e. The van der Waals surface area contributed by atoms with E-state index >= 15 is 0 Å². The fraction of sp³-hybridized carbons (Fsp3) is 1.00. The molecule has 0 radical (unpaired) electrons. The minimum absolute atomic E-state index is 0.474. The molecule has 0 heterocycles. The van der Waals surface area contributed by atoms with Crippen LogP contribution in [0.25, 0.3) is 0 Å². The molecule has 1 heteroatoms. The summed E-state index contributed by atoms with van der Waals surface area (Å²) in [6.07, 6.45) is 3.95. The summed E-state index contributed by atoms with van der Waals surface area (Å²) in [7, 11) is 0. The fourth-order valence-electron chi connectivity index (χ4n) is 1.78. The molecule has 0 bridgehead atoms. The van der Waals surface area contributed by atoms with Crippen LogP contribution in [0.15, 0.2) is 0 Å². The molecule has 0 N–H and O–H groups in total. The predicted octanol–water partition coefficient (Wildman–Crippen LogP) is 4.18. The second-order valence-corrected chi connectivity index (χ2v) is 5.89. The van der Waals surface area contributed by atoms with Crippen LogP contribution in [0.1, 0.15) is 60.8 Å². The highest BCUT2D eigenvalue weighted by molar-refractivity contribution is 4.68. The van der Waals surface area contributed by atoms with Gasteiger partial charge in [-0.25, -0.2) is 0 Å². The molecule has 0 aliphatic rings. The van der Waals surface area contributed by atoms with Crippen LogP contribution >= 0.6 is 0 Å². The molecule has 0 fully saturated rings. The lowest BCUT2D eigenvalue weighted by Crippen LogP contribution is -2.32. The first kappa shape index (κ1) is 15.0. The quantitative estimate of drug-likeness (QED) is 0.613. The monoisotopic (exact) mass is 213 g/mol. The summed E-state index contributed by atoms with van der Waals surface area (Å²) in [6.45, 7) is 17.7. The van der Waals surface area contributed by atoms with Crippen LogP contribution < -0.4 is 0 Å². The predicted molar refractivity (Wildman–Crippen MR) is 70.3 cm³/mol. The minimum Gasteiger partial charge on any atom is -0.303 e. The van der Waals surface area contributed by atoms with E-state index in [2.05, 4.69) is 46.4 Å². The number of nitrogens with zero attached hydrogens (tertiary/aromatic N) is 1. The maximum atomic E-state index is 2.61. The molecule has 0 saturated carbocycles. The van der Waals surface area contributed by atoms with E-state index in [0.717, 1.165) is 5.92 Å². The molecule has 0 aromatic rings. The van der Waals surface area contributed by atoms with Gasteiger partial charge in [-0.2, -0.15) is 0 Å². The maximum absolute atomic E-state index is 2.61. The van der Waals surface area contributed by atoms with Gasteiger partial charge in [0.2, 0.25) is 0 Å². The zero-order valence-electron chi connectivity index (χ0n) is 11.8. The Balaban J connectivity index is 3.92. The Kier molecular flexibility index (Phi) is 7.25. The van der Waals surface area contributed by atoms with Gasteiger partial charge in [-0.05, 0) is 30.8 Å². The number of rotatable bonds is 7. The standard InChI is InChI=1S/C14H31N/c1-7-13(8-2)12-15(9-3)11-10-14(4,5)6/h13H,7-12H2,1-6H3. The molecule has 0 aromatic heterocycles. The van der Waals surface area contributed by atoms with E-state index in [1.165, 1.54) is 38.9 Å². The van der Waals surface area contributed by atoms with Gasteiger partial charge in [-0.15, -0.1) is 0 Å².